The molecule has 0 aromatic heterocycles. The van der Waals surface area contributed by atoms with Gasteiger partial charge in [0.05, 0.1) is 0 Å². The van der Waals surface area contributed by atoms with E-state index in [2.05, 4.69) is 0 Å². The van der Waals surface area contributed by atoms with Crippen molar-refractivity contribution in [1.29, 1.82) is 0 Å². The largest absolute Gasteiger partial charge is 0.400 e. The van der Waals surface area contributed by atoms with Gasteiger partial charge in [-0.15, -0.1) is 0 Å². The first-order chi connectivity index (χ1) is 10.0. The molecule has 0 atom stereocenters. The highest BCUT2D eigenvalue weighted by molar-refractivity contribution is 3.19. The van der Waals surface area contributed by atoms with Gasteiger partial charge in [-0.05, 0) is 0 Å². The van der Waals surface area contributed by atoms with Crippen LogP contribution in [0.15, 0.2) is 0 Å². The van der Waals surface area contributed by atoms with E-state index in [1.54, 1.807) is 0 Å². The molecule has 0 radical (unpaired) electrons. The van der Waals surface area contributed by atoms with Gasteiger partial charge in [-0.25, -0.2) is 0 Å². The molecule has 0 saturated heterocycles. The fraction of sp³-hybridized carbons (Fsp3) is 1.00. The number of rotatable bonds is 0. The lowest BCUT2D eigenvalue weighted by Gasteiger charge is -1.21. The molecule has 10 nitrogen and oxygen atoms in total. The lowest BCUT2D eigenvalue weighted by Crippen LogP contribution is -1.25. The molecule has 0 aromatic rings. The Morgan fingerprint density at radius 2 is 0.150 bits per heavy atom. The summed E-state index contributed by atoms with van der Waals surface area (Å²) in [4.78, 5) is 0. The number of hydrogen-bond donors (Lipinski definition) is 10. The van der Waals surface area contributed by atoms with Crippen LogP contribution in [0.5, 0.6) is 0 Å². The van der Waals surface area contributed by atoms with Crippen LogP contribution < -0.4 is 0 Å². The van der Waals surface area contributed by atoms with E-state index in [0.29, 0.717) is 0 Å². The van der Waals surface area contributed by atoms with E-state index in [4.69, 9.17) is 51.1 Å². The quantitative estimate of drug-likeness (QED) is 0.210. The van der Waals surface area contributed by atoms with Gasteiger partial charge in [0.1, 0.15) is 0 Å². The Kier molecular flexibility index (Phi) is 132000. The maximum atomic E-state index is 7.00. The first-order valence-electron chi connectivity index (χ1n) is 4.47. The molecule has 0 aliphatic rings. The molecule has 10 heteroatoms. The van der Waals surface area contributed by atoms with Gasteiger partial charge in [0.25, 0.3) is 0 Å². The Bertz CT molecular complexity index is 20.0. The molecule has 140 valence electrons. The highest BCUT2D eigenvalue weighted by atomic mass is 16.2. The van der Waals surface area contributed by atoms with Crippen LogP contribution in [0.2, 0.25) is 0 Å². The first-order valence-corrected chi connectivity index (χ1v) is 4.47. The van der Waals surface area contributed by atoms with Crippen molar-refractivity contribution >= 4 is 0 Å². The lowest BCUT2D eigenvalue weighted by molar-refractivity contribution is 0.399. The molecule has 0 spiro atoms. The van der Waals surface area contributed by atoms with E-state index in [1.807, 2.05) is 0 Å². The second-order valence-corrected chi connectivity index (χ2v) is 0. The third kappa shape index (κ3) is 30300. The second-order valence-electron chi connectivity index (χ2n) is 0. The van der Waals surface area contributed by atoms with Crippen molar-refractivity contribution in [3.8, 4) is 0 Å². The molecular weight excluding hydrogens is 280 g/mol. The molecule has 20 heavy (non-hydrogen) atoms. The molecule has 0 aromatic carbocycles. The Morgan fingerprint density at radius 1 is 0.150 bits per heavy atom. The minimum absolute atomic E-state index is 1.00. The molecule has 10 N–H and O–H groups in total. The molecule has 0 aliphatic heterocycles. The molecular formula is C10H40O10. The van der Waals surface area contributed by atoms with Crippen molar-refractivity contribution in [2.24, 2.45) is 0 Å². The Hall–Kier alpha value is -0.400. The average molecular weight is 320 g/mol. The normalized spacial score (nSPS) is 3.00. The van der Waals surface area contributed by atoms with E-state index in [9.17, 15) is 0 Å². The Labute approximate surface area is 123 Å². The minimum atomic E-state index is 1.00. The number of aliphatic hydroxyl groups excluding tert-OH is 10. The van der Waals surface area contributed by atoms with Crippen molar-refractivity contribution < 1.29 is 51.1 Å². The summed E-state index contributed by atoms with van der Waals surface area (Å²) >= 11 is 0. The molecule has 0 rings (SSSR count). The Balaban J connectivity index is -0.00000000694. The van der Waals surface area contributed by atoms with Gasteiger partial charge in [0.2, 0.25) is 0 Å². The standard InChI is InChI=1S/10CH4O/c10*1-2/h10*2H,1H3. The fourth-order valence-corrected chi connectivity index (χ4v) is 0. The first kappa shape index (κ1) is 73.6. The van der Waals surface area contributed by atoms with Crippen LogP contribution in [0, 0.1) is 0 Å². The predicted octanol–water partition coefficient (Wildman–Crippen LogP) is -3.91. The predicted molar refractivity (Wildman–Crippen MR) is 81.4 cm³/mol. The van der Waals surface area contributed by atoms with Crippen LogP contribution in [0.4, 0.5) is 0 Å². The Morgan fingerprint density at radius 3 is 0.150 bits per heavy atom. The molecule has 0 bridgehead atoms. The smallest absolute Gasteiger partial charge is 0.0319 e. The van der Waals surface area contributed by atoms with Gasteiger partial charge < -0.3 is 51.1 Å². The van der Waals surface area contributed by atoms with Crippen LogP contribution in [0.3, 0.4) is 0 Å². The molecule has 0 amide bonds. The van der Waals surface area contributed by atoms with E-state index in [0.717, 1.165) is 71.1 Å². The summed E-state index contributed by atoms with van der Waals surface area (Å²) in [5.41, 5.74) is 0. The summed E-state index contributed by atoms with van der Waals surface area (Å²) in [7, 11) is 10.0. The zero-order valence-electron chi connectivity index (χ0n) is 14.5. The van der Waals surface area contributed by atoms with Crippen LogP contribution in [-0.4, -0.2) is 122 Å². The van der Waals surface area contributed by atoms with Crippen LogP contribution in [0.25, 0.3) is 0 Å². The van der Waals surface area contributed by atoms with Crippen LogP contribution in [0.1, 0.15) is 0 Å². The third-order valence-electron chi connectivity index (χ3n) is 0. The summed E-state index contributed by atoms with van der Waals surface area (Å²) < 4.78 is 0. The highest BCUT2D eigenvalue weighted by Crippen LogP contribution is 0.773. The summed E-state index contributed by atoms with van der Waals surface area (Å²) in [6.07, 6.45) is 0. The minimum Gasteiger partial charge on any atom is -0.400 e. The SMILES string of the molecule is CO.CO.CO.CO.CO.CO.CO.CO.CO.CO. The van der Waals surface area contributed by atoms with Crippen molar-refractivity contribution in [2.75, 3.05) is 71.1 Å². The molecule has 0 saturated carbocycles. The number of aliphatic hydroxyl groups is 10. The zero-order valence-corrected chi connectivity index (χ0v) is 14.5. The topological polar surface area (TPSA) is 202 Å². The van der Waals surface area contributed by atoms with Gasteiger partial charge in [-0.1, -0.05) is 0 Å². The maximum Gasteiger partial charge on any atom is 0.0319 e. The van der Waals surface area contributed by atoms with Crippen molar-refractivity contribution in [2.45, 2.75) is 0 Å². The molecule has 0 heterocycles. The molecule has 0 fully saturated rings. The van der Waals surface area contributed by atoms with Gasteiger partial charge in [0.15, 0.2) is 0 Å². The van der Waals surface area contributed by atoms with Crippen molar-refractivity contribution in [1.82, 2.24) is 0 Å². The lowest BCUT2D eigenvalue weighted by atomic mass is 11.8. The van der Waals surface area contributed by atoms with Gasteiger partial charge in [-0.3, -0.25) is 0 Å². The molecule has 0 aliphatic carbocycles. The van der Waals surface area contributed by atoms with Gasteiger partial charge in [-0.2, -0.15) is 0 Å². The van der Waals surface area contributed by atoms with Gasteiger partial charge in [0, 0.05) is 71.1 Å². The van der Waals surface area contributed by atoms with E-state index in [-0.39, 0.29) is 0 Å². The average Bonchev–Trinajstić information content (AvgIpc) is 2.71. The molecule has 0 unspecified atom stereocenters. The van der Waals surface area contributed by atoms with E-state index in [1.165, 1.54) is 0 Å². The van der Waals surface area contributed by atoms with Crippen LogP contribution in [-0.2, 0) is 0 Å². The summed E-state index contributed by atoms with van der Waals surface area (Å²) in [5, 5.41) is 70.0. The van der Waals surface area contributed by atoms with E-state index >= 15 is 0 Å². The second kappa shape index (κ2) is 36000. The van der Waals surface area contributed by atoms with E-state index < -0.39 is 0 Å². The van der Waals surface area contributed by atoms with Gasteiger partial charge >= 0.3 is 0 Å². The monoisotopic (exact) mass is 320 g/mol. The summed E-state index contributed by atoms with van der Waals surface area (Å²) in [6.45, 7) is 0. The number of hydrogen-bond acceptors (Lipinski definition) is 10. The summed E-state index contributed by atoms with van der Waals surface area (Å²) in [6, 6.07) is 0. The maximum absolute atomic E-state index is 7.00. The van der Waals surface area contributed by atoms with Crippen molar-refractivity contribution in [3.63, 3.8) is 0 Å². The zero-order chi connectivity index (χ0) is 20.0. The van der Waals surface area contributed by atoms with Crippen LogP contribution >= 0.6 is 0 Å². The summed E-state index contributed by atoms with van der Waals surface area (Å²) in [5.74, 6) is 0. The fourth-order valence-electron chi connectivity index (χ4n) is 0. The van der Waals surface area contributed by atoms with Crippen molar-refractivity contribution in [3.05, 3.63) is 0 Å². The highest BCUT2D eigenvalue weighted by Gasteiger charge is 0.857. The third-order valence-corrected chi connectivity index (χ3v) is 0.